The molecule has 0 radical (unpaired) electrons. The van der Waals surface area contributed by atoms with Crippen molar-refractivity contribution in [2.45, 2.75) is 13.5 Å². The number of esters is 1. The molecule has 0 aliphatic rings. The van der Waals surface area contributed by atoms with Crippen LogP contribution in [0.5, 0.6) is 0 Å². The Labute approximate surface area is 105 Å². The Kier molecular flexibility index (Phi) is 5.07. The van der Waals surface area contributed by atoms with E-state index in [-0.39, 0.29) is 12.2 Å². The monoisotopic (exact) mass is 249 g/mol. The van der Waals surface area contributed by atoms with E-state index in [0.717, 1.165) is 0 Å². The molecule has 0 bridgehead atoms. The van der Waals surface area contributed by atoms with Gasteiger partial charge in [-0.3, -0.25) is 4.79 Å². The zero-order valence-electron chi connectivity index (χ0n) is 10.1. The van der Waals surface area contributed by atoms with Crippen LogP contribution in [0.1, 0.15) is 28.4 Å². The first-order chi connectivity index (χ1) is 8.56. The summed E-state index contributed by atoms with van der Waals surface area (Å²) >= 11 is 0. The van der Waals surface area contributed by atoms with Crippen LogP contribution in [-0.4, -0.2) is 23.6 Å². The van der Waals surface area contributed by atoms with Gasteiger partial charge >= 0.3 is 5.97 Å². The minimum absolute atomic E-state index is 0.207. The average molecular weight is 249 g/mol. The number of benzene rings is 1. The first kappa shape index (κ1) is 13.9. The maximum atomic E-state index is 11.1. The van der Waals surface area contributed by atoms with Crippen LogP contribution in [0.25, 0.3) is 6.08 Å². The van der Waals surface area contributed by atoms with Gasteiger partial charge in [0.25, 0.3) is 0 Å². The van der Waals surface area contributed by atoms with Gasteiger partial charge in [0, 0.05) is 11.6 Å². The zero-order valence-corrected chi connectivity index (χ0v) is 10.1. The standard InChI is InChI=1S/C13H15NO4/c1-2-18-12(16)4-3-9-5-10(8-15)7-11(6-9)13(14)17/h3-7,15H,2,8H2,1H3,(H2,14,17). The number of amides is 1. The molecular formula is C13H15NO4. The Balaban J connectivity index is 2.98. The topological polar surface area (TPSA) is 89.6 Å². The van der Waals surface area contributed by atoms with Gasteiger partial charge in [0.05, 0.1) is 13.2 Å². The molecule has 0 aliphatic heterocycles. The summed E-state index contributed by atoms with van der Waals surface area (Å²) in [5, 5.41) is 9.06. The summed E-state index contributed by atoms with van der Waals surface area (Å²) in [6.07, 6.45) is 2.76. The van der Waals surface area contributed by atoms with Crippen LogP contribution < -0.4 is 5.73 Å². The number of rotatable bonds is 5. The smallest absolute Gasteiger partial charge is 0.330 e. The van der Waals surface area contributed by atoms with Crippen LogP contribution in [0.3, 0.4) is 0 Å². The molecule has 1 aromatic carbocycles. The van der Waals surface area contributed by atoms with Crippen molar-refractivity contribution in [3.8, 4) is 0 Å². The van der Waals surface area contributed by atoms with E-state index in [1.54, 1.807) is 13.0 Å². The number of hydrogen-bond acceptors (Lipinski definition) is 4. The van der Waals surface area contributed by atoms with E-state index >= 15 is 0 Å². The van der Waals surface area contributed by atoms with Crippen molar-refractivity contribution in [2.24, 2.45) is 5.73 Å². The van der Waals surface area contributed by atoms with Crippen LogP contribution in [0.15, 0.2) is 24.3 Å². The summed E-state index contributed by atoms with van der Waals surface area (Å²) < 4.78 is 4.73. The minimum Gasteiger partial charge on any atom is -0.463 e. The lowest BCUT2D eigenvalue weighted by Crippen LogP contribution is -2.11. The van der Waals surface area contributed by atoms with E-state index in [2.05, 4.69) is 0 Å². The highest BCUT2D eigenvalue weighted by molar-refractivity contribution is 5.94. The summed E-state index contributed by atoms with van der Waals surface area (Å²) in [7, 11) is 0. The molecule has 0 unspecified atom stereocenters. The number of carbonyl (C=O) groups is 2. The van der Waals surface area contributed by atoms with Crippen molar-refractivity contribution in [2.75, 3.05) is 6.61 Å². The van der Waals surface area contributed by atoms with Crippen LogP contribution in [0.2, 0.25) is 0 Å². The molecule has 18 heavy (non-hydrogen) atoms. The van der Waals surface area contributed by atoms with Gasteiger partial charge in [0.1, 0.15) is 0 Å². The molecule has 0 aliphatic carbocycles. The van der Waals surface area contributed by atoms with E-state index < -0.39 is 11.9 Å². The molecular weight excluding hydrogens is 234 g/mol. The van der Waals surface area contributed by atoms with Gasteiger partial charge in [-0.1, -0.05) is 0 Å². The van der Waals surface area contributed by atoms with Gasteiger partial charge in [0.2, 0.25) is 5.91 Å². The molecule has 0 fully saturated rings. The molecule has 0 heterocycles. The molecule has 1 rings (SSSR count). The van der Waals surface area contributed by atoms with Crippen molar-refractivity contribution >= 4 is 18.0 Å². The molecule has 0 atom stereocenters. The van der Waals surface area contributed by atoms with Gasteiger partial charge in [-0.15, -0.1) is 0 Å². The third kappa shape index (κ3) is 4.03. The Morgan fingerprint density at radius 3 is 2.67 bits per heavy atom. The normalized spacial score (nSPS) is 10.6. The molecule has 0 saturated heterocycles. The lowest BCUT2D eigenvalue weighted by Gasteiger charge is -2.03. The summed E-state index contributed by atoms with van der Waals surface area (Å²) in [5.74, 6) is -1.05. The Bertz CT molecular complexity index is 480. The number of primary amides is 1. The highest BCUT2D eigenvalue weighted by atomic mass is 16.5. The number of hydrogen-bond donors (Lipinski definition) is 2. The fourth-order valence-corrected chi connectivity index (χ4v) is 1.40. The zero-order chi connectivity index (χ0) is 13.5. The van der Waals surface area contributed by atoms with E-state index in [9.17, 15) is 9.59 Å². The predicted octanol–water partition coefficient (Wildman–Crippen LogP) is 0.854. The second kappa shape index (κ2) is 6.56. The Hall–Kier alpha value is -2.14. The largest absolute Gasteiger partial charge is 0.463 e. The summed E-state index contributed by atoms with van der Waals surface area (Å²) in [4.78, 5) is 22.2. The van der Waals surface area contributed by atoms with Crippen LogP contribution >= 0.6 is 0 Å². The van der Waals surface area contributed by atoms with Crippen molar-refractivity contribution in [3.63, 3.8) is 0 Å². The maximum absolute atomic E-state index is 11.1. The number of aliphatic hydroxyl groups is 1. The highest BCUT2D eigenvalue weighted by Crippen LogP contribution is 2.12. The second-order valence-electron chi connectivity index (χ2n) is 3.57. The summed E-state index contributed by atoms with van der Waals surface area (Å²) in [5.41, 5.74) is 6.61. The molecule has 5 heteroatoms. The molecule has 5 nitrogen and oxygen atoms in total. The van der Waals surface area contributed by atoms with Crippen LogP contribution in [-0.2, 0) is 16.1 Å². The maximum Gasteiger partial charge on any atom is 0.330 e. The highest BCUT2D eigenvalue weighted by Gasteiger charge is 2.04. The van der Waals surface area contributed by atoms with Gasteiger partial charge in [-0.2, -0.15) is 0 Å². The fourth-order valence-electron chi connectivity index (χ4n) is 1.40. The van der Waals surface area contributed by atoms with Crippen LogP contribution in [0.4, 0.5) is 0 Å². The average Bonchev–Trinajstić information content (AvgIpc) is 2.36. The quantitative estimate of drug-likeness (QED) is 0.598. The first-order valence-electron chi connectivity index (χ1n) is 5.46. The van der Waals surface area contributed by atoms with E-state index in [0.29, 0.717) is 17.7 Å². The van der Waals surface area contributed by atoms with Gasteiger partial charge in [-0.05, 0) is 42.3 Å². The molecule has 3 N–H and O–H groups in total. The molecule has 0 spiro atoms. The lowest BCUT2D eigenvalue weighted by atomic mass is 10.1. The third-order valence-electron chi connectivity index (χ3n) is 2.18. The number of carbonyl (C=O) groups excluding carboxylic acids is 2. The number of ether oxygens (including phenoxy) is 1. The van der Waals surface area contributed by atoms with E-state index in [1.807, 2.05) is 0 Å². The molecule has 1 amide bonds. The van der Waals surface area contributed by atoms with Crippen molar-refractivity contribution in [1.82, 2.24) is 0 Å². The Morgan fingerprint density at radius 2 is 2.11 bits per heavy atom. The van der Waals surface area contributed by atoms with E-state index in [1.165, 1.54) is 24.3 Å². The van der Waals surface area contributed by atoms with Gasteiger partial charge in [0.15, 0.2) is 0 Å². The summed E-state index contributed by atoms with van der Waals surface area (Å²) in [6, 6.07) is 4.70. The number of aliphatic hydroxyl groups excluding tert-OH is 1. The molecule has 0 aromatic heterocycles. The van der Waals surface area contributed by atoms with Crippen molar-refractivity contribution in [3.05, 3.63) is 41.0 Å². The second-order valence-corrected chi connectivity index (χ2v) is 3.57. The van der Waals surface area contributed by atoms with Gasteiger partial charge < -0.3 is 15.6 Å². The molecule has 1 aromatic rings. The van der Waals surface area contributed by atoms with E-state index in [4.69, 9.17) is 15.6 Å². The third-order valence-corrected chi connectivity index (χ3v) is 2.18. The summed E-state index contributed by atoms with van der Waals surface area (Å²) in [6.45, 7) is 1.80. The van der Waals surface area contributed by atoms with Crippen LogP contribution in [0, 0.1) is 0 Å². The first-order valence-corrected chi connectivity index (χ1v) is 5.46. The molecule has 96 valence electrons. The lowest BCUT2D eigenvalue weighted by molar-refractivity contribution is -0.137. The van der Waals surface area contributed by atoms with Crippen molar-refractivity contribution in [1.29, 1.82) is 0 Å². The predicted molar refractivity (Wildman–Crippen MR) is 66.5 cm³/mol. The molecule has 0 saturated carbocycles. The van der Waals surface area contributed by atoms with Crippen molar-refractivity contribution < 1.29 is 19.4 Å². The fraction of sp³-hybridized carbons (Fsp3) is 0.231. The SMILES string of the molecule is CCOC(=O)C=Cc1cc(CO)cc(C(N)=O)c1. The van der Waals surface area contributed by atoms with Gasteiger partial charge in [-0.25, -0.2) is 4.79 Å². The number of nitrogens with two attached hydrogens (primary N) is 1. The minimum atomic E-state index is -0.587. The Morgan fingerprint density at radius 1 is 1.39 bits per heavy atom.